The van der Waals surface area contributed by atoms with Gasteiger partial charge in [0.15, 0.2) is 0 Å². The van der Waals surface area contributed by atoms with Gasteiger partial charge in [-0.1, -0.05) is 6.58 Å². The van der Waals surface area contributed by atoms with Crippen molar-refractivity contribution in [1.29, 1.82) is 0 Å². The van der Waals surface area contributed by atoms with Crippen molar-refractivity contribution in [2.45, 2.75) is 6.54 Å². The Balaban J connectivity index is 2.06. The molecule has 0 aliphatic heterocycles. The molecular formula is C12H11BrFN3. The summed E-state index contributed by atoms with van der Waals surface area (Å²) in [6.45, 7) is 4.19. The molecule has 0 spiro atoms. The Labute approximate surface area is 107 Å². The molecule has 2 rings (SSSR count). The fourth-order valence-corrected chi connectivity index (χ4v) is 1.79. The van der Waals surface area contributed by atoms with Crippen LogP contribution in [0.3, 0.4) is 0 Å². The predicted molar refractivity (Wildman–Crippen MR) is 70.0 cm³/mol. The lowest BCUT2D eigenvalue weighted by Crippen LogP contribution is -1.99. The highest BCUT2D eigenvalue weighted by Gasteiger charge is 2.02. The summed E-state index contributed by atoms with van der Waals surface area (Å²) in [7, 11) is 0. The van der Waals surface area contributed by atoms with E-state index in [-0.39, 0.29) is 5.82 Å². The summed E-state index contributed by atoms with van der Waals surface area (Å²) in [5.41, 5.74) is 1.72. The normalized spacial score (nSPS) is 10.2. The molecule has 0 fully saturated rings. The molecule has 0 aliphatic rings. The van der Waals surface area contributed by atoms with Crippen molar-refractivity contribution in [1.82, 2.24) is 9.78 Å². The van der Waals surface area contributed by atoms with E-state index in [0.717, 1.165) is 15.7 Å². The van der Waals surface area contributed by atoms with Gasteiger partial charge in [-0.3, -0.25) is 0 Å². The first-order chi connectivity index (χ1) is 8.19. The fraction of sp³-hybridized carbons (Fsp3) is 0.0833. The second-order valence-corrected chi connectivity index (χ2v) is 4.34. The first-order valence-corrected chi connectivity index (χ1v) is 5.83. The van der Waals surface area contributed by atoms with Gasteiger partial charge in [-0.15, -0.1) is 0 Å². The molecular weight excluding hydrogens is 285 g/mol. The van der Waals surface area contributed by atoms with Crippen molar-refractivity contribution in [3.8, 4) is 0 Å². The van der Waals surface area contributed by atoms with Crippen LogP contribution in [-0.4, -0.2) is 9.78 Å². The van der Waals surface area contributed by atoms with Gasteiger partial charge in [0, 0.05) is 29.0 Å². The zero-order chi connectivity index (χ0) is 12.3. The van der Waals surface area contributed by atoms with E-state index in [4.69, 9.17) is 0 Å². The summed E-state index contributed by atoms with van der Waals surface area (Å²) in [5.74, 6) is -0.266. The van der Waals surface area contributed by atoms with Crippen molar-refractivity contribution >= 4 is 27.8 Å². The lowest BCUT2D eigenvalue weighted by Gasteiger charge is -2.07. The van der Waals surface area contributed by atoms with Crippen LogP contribution in [0.2, 0.25) is 0 Å². The Morgan fingerprint density at radius 3 is 3.06 bits per heavy atom. The molecule has 5 heteroatoms. The van der Waals surface area contributed by atoms with Crippen molar-refractivity contribution in [3.63, 3.8) is 0 Å². The lowest BCUT2D eigenvalue weighted by molar-refractivity contribution is 0.628. The average molecular weight is 296 g/mol. The number of hydrogen-bond acceptors (Lipinski definition) is 2. The van der Waals surface area contributed by atoms with Gasteiger partial charge >= 0.3 is 0 Å². The topological polar surface area (TPSA) is 29.9 Å². The molecule has 0 unspecified atom stereocenters. The number of rotatable bonds is 4. The van der Waals surface area contributed by atoms with Crippen LogP contribution >= 0.6 is 15.9 Å². The smallest absolute Gasteiger partial charge is 0.125 e. The molecule has 3 nitrogen and oxygen atoms in total. The van der Waals surface area contributed by atoms with Crippen molar-refractivity contribution in [2.24, 2.45) is 0 Å². The van der Waals surface area contributed by atoms with E-state index in [0.29, 0.717) is 6.54 Å². The first-order valence-electron chi connectivity index (χ1n) is 5.03. The highest BCUT2D eigenvalue weighted by Crippen LogP contribution is 2.23. The molecule has 0 bridgehead atoms. The number of nitrogens with one attached hydrogen (secondary N) is 1. The standard InChI is InChI=1S/C12H11BrFN3/c1-2-17-8-9(7-16-17)6-15-12-5-10(14)3-4-11(12)13/h2-5,7-8,15H,1,6H2. The molecule has 17 heavy (non-hydrogen) atoms. The Bertz CT molecular complexity index is 536. The fourth-order valence-electron chi connectivity index (χ4n) is 1.40. The molecule has 0 saturated carbocycles. The minimum absolute atomic E-state index is 0.266. The molecule has 1 aromatic heterocycles. The molecule has 2 aromatic rings. The summed E-state index contributed by atoms with van der Waals surface area (Å²) in [6.07, 6.45) is 5.21. The predicted octanol–water partition coefficient (Wildman–Crippen LogP) is 3.50. The van der Waals surface area contributed by atoms with Crippen LogP contribution in [0.4, 0.5) is 10.1 Å². The quantitative estimate of drug-likeness (QED) is 0.936. The van der Waals surface area contributed by atoms with E-state index >= 15 is 0 Å². The summed E-state index contributed by atoms with van der Waals surface area (Å²) in [5, 5.41) is 7.19. The maximum absolute atomic E-state index is 13.0. The first kappa shape index (κ1) is 11.9. The SMILES string of the molecule is C=Cn1cc(CNc2cc(F)ccc2Br)cn1. The number of nitrogens with zero attached hydrogens (tertiary/aromatic N) is 2. The van der Waals surface area contributed by atoms with Crippen LogP contribution in [-0.2, 0) is 6.54 Å². The second-order valence-electron chi connectivity index (χ2n) is 3.49. The van der Waals surface area contributed by atoms with E-state index in [1.165, 1.54) is 12.1 Å². The molecule has 1 N–H and O–H groups in total. The van der Waals surface area contributed by atoms with Gasteiger partial charge in [-0.05, 0) is 34.1 Å². The Morgan fingerprint density at radius 1 is 1.53 bits per heavy atom. The van der Waals surface area contributed by atoms with Gasteiger partial charge in [-0.2, -0.15) is 5.10 Å². The van der Waals surface area contributed by atoms with Gasteiger partial charge in [0.25, 0.3) is 0 Å². The minimum Gasteiger partial charge on any atom is -0.380 e. The van der Waals surface area contributed by atoms with E-state index in [1.54, 1.807) is 23.1 Å². The second kappa shape index (κ2) is 5.14. The molecule has 0 saturated heterocycles. The van der Waals surface area contributed by atoms with Crippen LogP contribution in [0.1, 0.15) is 5.56 Å². The van der Waals surface area contributed by atoms with Gasteiger partial charge in [-0.25, -0.2) is 9.07 Å². The van der Waals surface area contributed by atoms with Gasteiger partial charge in [0.2, 0.25) is 0 Å². The maximum atomic E-state index is 13.0. The van der Waals surface area contributed by atoms with Crippen LogP contribution in [0, 0.1) is 5.82 Å². The van der Waals surface area contributed by atoms with Crippen molar-refractivity contribution < 1.29 is 4.39 Å². The number of anilines is 1. The molecule has 0 aliphatic carbocycles. The summed E-state index contributed by atoms with van der Waals surface area (Å²) >= 11 is 3.36. The number of hydrogen-bond donors (Lipinski definition) is 1. The van der Waals surface area contributed by atoms with Gasteiger partial charge in [0.05, 0.1) is 11.9 Å². The van der Waals surface area contributed by atoms with Gasteiger partial charge in [0.1, 0.15) is 5.82 Å². The zero-order valence-electron chi connectivity index (χ0n) is 9.03. The third kappa shape index (κ3) is 2.94. The molecule has 1 aromatic carbocycles. The van der Waals surface area contributed by atoms with Gasteiger partial charge < -0.3 is 5.32 Å². The highest BCUT2D eigenvalue weighted by molar-refractivity contribution is 9.10. The summed E-state index contributed by atoms with van der Waals surface area (Å²) in [4.78, 5) is 0. The summed E-state index contributed by atoms with van der Waals surface area (Å²) in [6, 6.07) is 4.53. The van der Waals surface area contributed by atoms with Crippen molar-refractivity contribution in [3.05, 3.63) is 53.0 Å². The van der Waals surface area contributed by atoms with Crippen LogP contribution in [0.15, 0.2) is 41.6 Å². The molecule has 88 valence electrons. The van der Waals surface area contributed by atoms with Crippen molar-refractivity contribution in [2.75, 3.05) is 5.32 Å². The molecule has 0 radical (unpaired) electrons. The van der Waals surface area contributed by atoms with E-state index in [9.17, 15) is 4.39 Å². The minimum atomic E-state index is -0.266. The van der Waals surface area contributed by atoms with Crippen LogP contribution < -0.4 is 5.32 Å². The third-order valence-corrected chi connectivity index (χ3v) is 2.94. The molecule has 0 amide bonds. The number of aromatic nitrogens is 2. The zero-order valence-corrected chi connectivity index (χ0v) is 10.6. The Morgan fingerprint density at radius 2 is 2.35 bits per heavy atom. The largest absolute Gasteiger partial charge is 0.380 e. The summed E-state index contributed by atoms with van der Waals surface area (Å²) < 4.78 is 15.5. The number of halogens is 2. The molecule has 1 heterocycles. The lowest BCUT2D eigenvalue weighted by atomic mass is 10.3. The van der Waals surface area contributed by atoms with Crippen LogP contribution in [0.25, 0.3) is 6.20 Å². The van der Waals surface area contributed by atoms with E-state index in [2.05, 4.69) is 32.9 Å². The Hall–Kier alpha value is -1.62. The maximum Gasteiger partial charge on any atom is 0.125 e. The Kier molecular flexibility index (Phi) is 3.58. The van der Waals surface area contributed by atoms with E-state index < -0.39 is 0 Å². The third-order valence-electron chi connectivity index (χ3n) is 2.25. The van der Waals surface area contributed by atoms with E-state index in [1.807, 2.05) is 6.20 Å². The number of benzene rings is 1. The molecule has 0 atom stereocenters. The monoisotopic (exact) mass is 295 g/mol. The highest BCUT2D eigenvalue weighted by atomic mass is 79.9. The average Bonchev–Trinajstić information content (AvgIpc) is 2.78. The van der Waals surface area contributed by atoms with Crippen LogP contribution in [0.5, 0.6) is 0 Å².